The van der Waals surface area contributed by atoms with E-state index in [-0.39, 0.29) is 7.43 Å². The van der Waals surface area contributed by atoms with Crippen LogP contribution in [-0.2, 0) is 0 Å². The average molecular weight is 145 g/mol. The van der Waals surface area contributed by atoms with Crippen molar-refractivity contribution in [2.45, 2.75) is 34.6 Å². The van der Waals surface area contributed by atoms with Gasteiger partial charge in [-0.05, 0) is 25.9 Å². The van der Waals surface area contributed by atoms with E-state index < -0.39 is 0 Å². The van der Waals surface area contributed by atoms with Gasteiger partial charge in [0, 0.05) is 6.54 Å². The van der Waals surface area contributed by atoms with Gasteiger partial charge >= 0.3 is 0 Å². The highest BCUT2D eigenvalue weighted by atomic mass is 15.1. The third-order valence-electron chi connectivity index (χ3n) is 1.70. The van der Waals surface area contributed by atoms with Gasteiger partial charge in [-0.25, -0.2) is 0 Å². The second-order valence-electron chi connectivity index (χ2n) is 3.76. The third kappa shape index (κ3) is 6.09. The van der Waals surface area contributed by atoms with E-state index in [2.05, 4.69) is 39.8 Å². The Morgan fingerprint density at radius 2 is 1.60 bits per heavy atom. The molecule has 0 aromatic carbocycles. The van der Waals surface area contributed by atoms with Gasteiger partial charge in [0.15, 0.2) is 0 Å². The normalized spacial score (nSPS) is 11.4. The van der Waals surface area contributed by atoms with Crippen molar-refractivity contribution in [3.63, 3.8) is 0 Å². The van der Waals surface area contributed by atoms with Gasteiger partial charge in [-0.2, -0.15) is 0 Å². The lowest BCUT2D eigenvalue weighted by Crippen LogP contribution is -2.27. The Kier molecular flexibility index (Phi) is 5.96. The highest BCUT2D eigenvalue weighted by molar-refractivity contribution is 4.68. The Morgan fingerprint density at radius 3 is 1.70 bits per heavy atom. The number of hydrogen-bond acceptors (Lipinski definition) is 1. The van der Waals surface area contributed by atoms with Crippen LogP contribution in [0.2, 0.25) is 0 Å². The number of hydrogen-bond donors (Lipinski definition) is 0. The second kappa shape index (κ2) is 4.73. The molecule has 1 nitrogen and oxygen atoms in total. The molecule has 0 rings (SSSR count). The molecule has 0 aliphatic heterocycles. The van der Waals surface area contributed by atoms with Crippen molar-refractivity contribution < 1.29 is 0 Å². The summed E-state index contributed by atoms with van der Waals surface area (Å²) in [6, 6.07) is 0. The van der Waals surface area contributed by atoms with E-state index in [9.17, 15) is 0 Å². The lowest BCUT2D eigenvalue weighted by Gasteiger charge is -2.26. The molecule has 0 aromatic heterocycles. The molecule has 0 heterocycles. The van der Waals surface area contributed by atoms with E-state index in [1.807, 2.05) is 0 Å². The minimum absolute atomic E-state index is 0. The first-order chi connectivity index (χ1) is 3.98. The maximum atomic E-state index is 2.30. The van der Waals surface area contributed by atoms with Gasteiger partial charge in [-0.1, -0.05) is 28.2 Å². The largest absolute Gasteiger partial charge is 0.309 e. The van der Waals surface area contributed by atoms with E-state index in [0.717, 1.165) is 0 Å². The zero-order valence-corrected chi connectivity index (χ0v) is 7.36. The van der Waals surface area contributed by atoms with Crippen LogP contribution in [0.15, 0.2) is 0 Å². The predicted octanol–water partition coefficient (Wildman–Crippen LogP) is 2.62. The van der Waals surface area contributed by atoms with Crippen molar-refractivity contribution in [1.29, 1.82) is 0 Å². The monoisotopic (exact) mass is 145 g/mol. The van der Waals surface area contributed by atoms with Crippen molar-refractivity contribution in [3.8, 4) is 0 Å². The Balaban J connectivity index is 0. The molecule has 0 N–H and O–H groups in total. The smallest absolute Gasteiger partial charge is 0.00265 e. The van der Waals surface area contributed by atoms with Crippen molar-refractivity contribution in [2.75, 3.05) is 20.6 Å². The quantitative estimate of drug-likeness (QED) is 0.590. The van der Waals surface area contributed by atoms with Crippen LogP contribution in [0.5, 0.6) is 0 Å². The maximum absolute atomic E-state index is 2.30. The molecule has 64 valence electrons. The Morgan fingerprint density at radius 1 is 1.20 bits per heavy atom. The van der Waals surface area contributed by atoms with Crippen molar-refractivity contribution >= 4 is 0 Å². The fraction of sp³-hybridized carbons (Fsp3) is 1.00. The van der Waals surface area contributed by atoms with Crippen LogP contribution in [0.1, 0.15) is 34.6 Å². The van der Waals surface area contributed by atoms with E-state index in [1.54, 1.807) is 0 Å². The van der Waals surface area contributed by atoms with Crippen LogP contribution in [0.4, 0.5) is 0 Å². The van der Waals surface area contributed by atoms with Crippen LogP contribution >= 0.6 is 0 Å². The molecule has 0 bridgehead atoms. The van der Waals surface area contributed by atoms with Crippen LogP contribution in [0.3, 0.4) is 0 Å². The van der Waals surface area contributed by atoms with Gasteiger partial charge in [-0.3, -0.25) is 0 Å². The predicted molar refractivity (Wildman–Crippen MR) is 49.4 cm³/mol. The molecule has 0 spiro atoms. The second-order valence-corrected chi connectivity index (χ2v) is 3.76. The zero-order valence-electron chi connectivity index (χ0n) is 7.36. The standard InChI is InChI=1S/C8H19N.CH4/c1-6-8(2,3)7-9(4)5;/h6-7H2,1-5H3;1H4. The fourth-order valence-corrected chi connectivity index (χ4v) is 0.968. The zero-order chi connectivity index (χ0) is 7.49. The van der Waals surface area contributed by atoms with E-state index in [1.165, 1.54) is 13.0 Å². The summed E-state index contributed by atoms with van der Waals surface area (Å²) in [5.74, 6) is 0. The molecule has 0 saturated carbocycles. The summed E-state index contributed by atoms with van der Waals surface area (Å²) in [5, 5.41) is 0. The minimum Gasteiger partial charge on any atom is -0.309 e. The van der Waals surface area contributed by atoms with E-state index in [0.29, 0.717) is 5.41 Å². The fourth-order valence-electron chi connectivity index (χ4n) is 0.968. The maximum Gasteiger partial charge on any atom is 0.00265 e. The van der Waals surface area contributed by atoms with Gasteiger partial charge in [0.2, 0.25) is 0 Å². The van der Waals surface area contributed by atoms with E-state index >= 15 is 0 Å². The van der Waals surface area contributed by atoms with E-state index in [4.69, 9.17) is 0 Å². The van der Waals surface area contributed by atoms with Gasteiger partial charge in [-0.15, -0.1) is 0 Å². The lowest BCUT2D eigenvalue weighted by molar-refractivity contribution is 0.233. The molecule has 0 radical (unpaired) electrons. The van der Waals surface area contributed by atoms with Gasteiger partial charge in [0.05, 0.1) is 0 Å². The summed E-state index contributed by atoms with van der Waals surface area (Å²) in [7, 11) is 4.24. The Labute approximate surface area is 66.4 Å². The summed E-state index contributed by atoms with van der Waals surface area (Å²) >= 11 is 0. The van der Waals surface area contributed by atoms with Gasteiger partial charge in [0.1, 0.15) is 0 Å². The van der Waals surface area contributed by atoms with Gasteiger partial charge in [0.25, 0.3) is 0 Å². The molecule has 0 amide bonds. The highest BCUT2D eigenvalue weighted by Crippen LogP contribution is 2.19. The first-order valence-electron chi connectivity index (χ1n) is 3.62. The van der Waals surface area contributed by atoms with Crippen molar-refractivity contribution in [1.82, 2.24) is 4.90 Å². The highest BCUT2D eigenvalue weighted by Gasteiger charge is 2.14. The first-order valence-corrected chi connectivity index (χ1v) is 3.62. The molecule has 0 saturated heterocycles. The molecule has 0 aliphatic carbocycles. The molecule has 1 heteroatoms. The Bertz CT molecular complexity index is 74.8. The summed E-state index contributed by atoms with van der Waals surface area (Å²) < 4.78 is 0. The Hall–Kier alpha value is -0.0400. The topological polar surface area (TPSA) is 3.24 Å². The SMILES string of the molecule is C.CCC(C)(C)CN(C)C. The molecular weight excluding hydrogens is 122 g/mol. The molecule has 10 heavy (non-hydrogen) atoms. The summed E-state index contributed by atoms with van der Waals surface area (Å²) in [6.07, 6.45) is 1.26. The van der Waals surface area contributed by atoms with Crippen LogP contribution < -0.4 is 0 Å². The lowest BCUT2D eigenvalue weighted by atomic mass is 9.90. The molecule has 0 fully saturated rings. The van der Waals surface area contributed by atoms with Crippen LogP contribution in [0.25, 0.3) is 0 Å². The molecule has 0 aliphatic rings. The molecule has 0 atom stereocenters. The number of rotatable bonds is 3. The summed E-state index contributed by atoms with van der Waals surface area (Å²) in [4.78, 5) is 2.24. The van der Waals surface area contributed by atoms with Crippen LogP contribution in [-0.4, -0.2) is 25.5 Å². The number of nitrogens with zero attached hydrogens (tertiary/aromatic N) is 1. The van der Waals surface area contributed by atoms with Crippen molar-refractivity contribution in [3.05, 3.63) is 0 Å². The van der Waals surface area contributed by atoms with Crippen LogP contribution in [0, 0.1) is 5.41 Å². The molecular formula is C9H23N. The average Bonchev–Trinajstić information content (AvgIpc) is 1.63. The minimum atomic E-state index is 0. The molecule has 0 unspecified atom stereocenters. The third-order valence-corrected chi connectivity index (χ3v) is 1.70. The first kappa shape index (κ1) is 12.6. The van der Waals surface area contributed by atoms with Crippen molar-refractivity contribution in [2.24, 2.45) is 5.41 Å². The molecule has 0 aromatic rings. The summed E-state index contributed by atoms with van der Waals surface area (Å²) in [5.41, 5.74) is 0.490. The van der Waals surface area contributed by atoms with Gasteiger partial charge < -0.3 is 4.90 Å². The summed E-state index contributed by atoms with van der Waals surface area (Å²) in [6.45, 7) is 8.02.